The van der Waals surface area contributed by atoms with Crippen LogP contribution in [0.4, 0.5) is 5.69 Å². The number of rotatable bonds is 9. The predicted octanol–water partition coefficient (Wildman–Crippen LogP) is 4.48. The van der Waals surface area contributed by atoms with Crippen LogP contribution in [0.3, 0.4) is 0 Å². The number of methoxy groups -OCH3 is 1. The first-order valence-electron chi connectivity index (χ1n) is 9.42. The molecule has 0 spiro atoms. The highest BCUT2D eigenvalue weighted by Crippen LogP contribution is 2.27. The van der Waals surface area contributed by atoms with Crippen molar-refractivity contribution in [2.75, 3.05) is 32.6 Å². The highest BCUT2D eigenvalue weighted by molar-refractivity contribution is 6.31. The zero-order valence-corrected chi connectivity index (χ0v) is 18.0. The maximum Gasteiger partial charge on any atom is 0.254 e. The average Bonchev–Trinajstić information content (AvgIpc) is 2.67. The summed E-state index contributed by atoms with van der Waals surface area (Å²) in [5.41, 5.74) is 0.936. The Labute approximate surface area is 176 Å². The van der Waals surface area contributed by atoms with Crippen LogP contribution in [0.25, 0.3) is 0 Å². The number of carbonyl (C=O) groups is 2. The third-order valence-corrected chi connectivity index (χ3v) is 4.46. The van der Waals surface area contributed by atoms with Gasteiger partial charge in [-0.25, -0.2) is 0 Å². The Morgan fingerprint density at radius 3 is 2.45 bits per heavy atom. The minimum Gasteiger partial charge on any atom is -0.495 e. The van der Waals surface area contributed by atoms with Crippen LogP contribution in [0.2, 0.25) is 5.02 Å². The molecule has 0 unspecified atom stereocenters. The van der Waals surface area contributed by atoms with Crippen molar-refractivity contribution >= 4 is 29.1 Å². The number of hydrogen-bond acceptors (Lipinski definition) is 4. The van der Waals surface area contributed by atoms with E-state index in [0.717, 1.165) is 12.2 Å². The molecule has 0 fully saturated rings. The van der Waals surface area contributed by atoms with Crippen molar-refractivity contribution < 1.29 is 19.1 Å². The summed E-state index contributed by atoms with van der Waals surface area (Å²) in [6.45, 7) is 4.80. The van der Waals surface area contributed by atoms with Crippen LogP contribution >= 0.6 is 11.6 Å². The van der Waals surface area contributed by atoms with Gasteiger partial charge in [0.15, 0.2) is 0 Å². The molecule has 156 valence electrons. The number of anilines is 1. The van der Waals surface area contributed by atoms with Gasteiger partial charge >= 0.3 is 0 Å². The molecule has 2 rings (SSSR count). The lowest BCUT2D eigenvalue weighted by atomic mass is 10.1. The van der Waals surface area contributed by atoms with E-state index in [2.05, 4.69) is 19.2 Å². The molecular formula is C22H27ClN2O4. The van der Waals surface area contributed by atoms with Crippen molar-refractivity contribution in [3.8, 4) is 11.5 Å². The summed E-state index contributed by atoms with van der Waals surface area (Å²) in [4.78, 5) is 26.3. The van der Waals surface area contributed by atoms with E-state index >= 15 is 0 Å². The molecule has 0 bridgehead atoms. The van der Waals surface area contributed by atoms with Gasteiger partial charge in [-0.3, -0.25) is 9.59 Å². The monoisotopic (exact) mass is 418 g/mol. The normalized spacial score (nSPS) is 10.6. The Morgan fingerprint density at radius 2 is 1.83 bits per heavy atom. The maximum absolute atomic E-state index is 12.6. The number of nitrogens with one attached hydrogen (secondary N) is 1. The molecule has 0 atom stereocenters. The van der Waals surface area contributed by atoms with E-state index in [4.69, 9.17) is 21.1 Å². The quantitative estimate of drug-likeness (QED) is 0.651. The Hall–Kier alpha value is -2.73. The molecule has 7 heteroatoms. The number of hydrogen-bond donors (Lipinski definition) is 1. The van der Waals surface area contributed by atoms with Crippen molar-refractivity contribution in [3.63, 3.8) is 0 Å². The topological polar surface area (TPSA) is 67.9 Å². The largest absolute Gasteiger partial charge is 0.495 e. The zero-order chi connectivity index (χ0) is 21.4. The minimum atomic E-state index is -0.352. The van der Waals surface area contributed by atoms with E-state index in [1.807, 2.05) is 0 Å². The second-order valence-electron chi connectivity index (χ2n) is 7.11. The van der Waals surface area contributed by atoms with Crippen LogP contribution in [0.15, 0.2) is 42.5 Å². The van der Waals surface area contributed by atoms with Crippen LogP contribution in [-0.4, -0.2) is 44.0 Å². The lowest BCUT2D eigenvalue weighted by molar-refractivity contribution is -0.116. The smallest absolute Gasteiger partial charge is 0.254 e. The lowest BCUT2D eigenvalue weighted by Gasteiger charge is -2.18. The van der Waals surface area contributed by atoms with Crippen molar-refractivity contribution in [1.82, 2.24) is 4.90 Å². The number of amides is 2. The molecular weight excluding hydrogens is 392 g/mol. The number of likely N-dealkylation sites (N-methyl/N-ethyl adjacent to an activating group) is 1. The summed E-state index contributed by atoms with van der Waals surface area (Å²) >= 11 is 5.97. The van der Waals surface area contributed by atoms with Gasteiger partial charge in [-0.2, -0.15) is 0 Å². The van der Waals surface area contributed by atoms with Gasteiger partial charge in [0.05, 0.1) is 25.9 Å². The van der Waals surface area contributed by atoms with Crippen molar-refractivity contribution in [2.24, 2.45) is 5.92 Å². The first-order valence-corrected chi connectivity index (χ1v) is 9.79. The zero-order valence-electron chi connectivity index (χ0n) is 17.2. The van der Waals surface area contributed by atoms with Crippen LogP contribution in [0, 0.1) is 5.92 Å². The molecule has 6 nitrogen and oxygen atoms in total. The summed E-state index contributed by atoms with van der Waals surface area (Å²) in [6, 6.07) is 11.8. The van der Waals surface area contributed by atoms with Gasteiger partial charge in [-0.05, 0) is 54.8 Å². The molecule has 0 aliphatic carbocycles. The van der Waals surface area contributed by atoms with E-state index in [-0.39, 0.29) is 18.4 Å². The molecule has 0 saturated heterocycles. The van der Waals surface area contributed by atoms with Gasteiger partial charge in [0.2, 0.25) is 5.91 Å². The summed E-state index contributed by atoms with van der Waals surface area (Å²) in [5.74, 6) is 1.17. The van der Waals surface area contributed by atoms with E-state index in [1.54, 1.807) is 49.5 Å². The van der Waals surface area contributed by atoms with Crippen LogP contribution in [-0.2, 0) is 4.79 Å². The molecule has 2 aromatic carbocycles. The van der Waals surface area contributed by atoms with Crippen molar-refractivity contribution in [3.05, 3.63) is 53.1 Å². The second kappa shape index (κ2) is 10.7. The summed E-state index contributed by atoms with van der Waals surface area (Å²) in [6.07, 6.45) is 0.968. The fraction of sp³-hybridized carbons (Fsp3) is 0.364. The third kappa shape index (κ3) is 6.98. The molecule has 0 aromatic heterocycles. The number of benzene rings is 2. The van der Waals surface area contributed by atoms with E-state index in [0.29, 0.717) is 34.5 Å². The standard InChI is InChI=1S/C22H27ClN2O4/c1-15(2)11-12-29-18-8-5-16(6-9-18)22(27)25(3)14-21(26)24-19-13-17(23)7-10-20(19)28-4/h5-10,13,15H,11-12,14H2,1-4H3,(H,24,26). The molecule has 0 heterocycles. The predicted molar refractivity (Wildman–Crippen MR) is 115 cm³/mol. The molecule has 2 aromatic rings. The Kier molecular flexibility index (Phi) is 8.34. The third-order valence-electron chi connectivity index (χ3n) is 4.23. The average molecular weight is 419 g/mol. The minimum absolute atomic E-state index is 0.110. The first kappa shape index (κ1) is 22.6. The molecule has 29 heavy (non-hydrogen) atoms. The van der Waals surface area contributed by atoms with Gasteiger partial charge in [0.1, 0.15) is 11.5 Å². The van der Waals surface area contributed by atoms with E-state index < -0.39 is 0 Å². The Bertz CT molecular complexity index is 837. The summed E-state index contributed by atoms with van der Waals surface area (Å²) < 4.78 is 10.9. The fourth-order valence-electron chi connectivity index (χ4n) is 2.58. The van der Waals surface area contributed by atoms with Crippen LogP contribution in [0.1, 0.15) is 30.6 Å². The van der Waals surface area contributed by atoms with Gasteiger partial charge in [-0.15, -0.1) is 0 Å². The Balaban J connectivity index is 1.93. The molecule has 2 amide bonds. The van der Waals surface area contributed by atoms with Crippen molar-refractivity contribution in [2.45, 2.75) is 20.3 Å². The summed E-state index contributed by atoms with van der Waals surface area (Å²) in [7, 11) is 3.08. The second-order valence-corrected chi connectivity index (χ2v) is 7.55. The SMILES string of the molecule is COc1ccc(Cl)cc1NC(=O)CN(C)C(=O)c1ccc(OCCC(C)C)cc1. The number of ether oxygens (including phenoxy) is 2. The lowest BCUT2D eigenvalue weighted by Crippen LogP contribution is -2.35. The molecule has 1 N–H and O–H groups in total. The maximum atomic E-state index is 12.6. The van der Waals surface area contributed by atoms with Crippen LogP contribution in [0.5, 0.6) is 11.5 Å². The van der Waals surface area contributed by atoms with Crippen LogP contribution < -0.4 is 14.8 Å². The Morgan fingerprint density at radius 1 is 1.14 bits per heavy atom. The highest BCUT2D eigenvalue weighted by atomic mass is 35.5. The van der Waals surface area contributed by atoms with Gasteiger partial charge in [-0.1, -0.05) is 25.4 Å². The molecule has 0 aliphatic rings. The molecule has 0 radical (unpaired) electrons. The fourth-order valence-corrected chi connectivity index (χ4v) is 2.75. The summed E-state index contributed by atoms with van der Waals surface area (Å²) in [5, 5.41) is 3.19. The molecule has 0 saturated carbocycles. The number of halogens is 1. The van der Waals surface area contributed by atoms with Gasteiger partial charge < -0.3 is 19.7 Å². The number of nitrogens with zero attached hydrogens (tertiary/aromatic N) is 1. The molecule has 0 aliphatic heterocycles. The van der Waals surface area contributed by atoms with Gasteiger partial charge in [0, 0.05) is 17.6 Å². The van der Waals surface area contributed by atoms with E-state index in [9.17, 15) is 9.59 Å². The van der Waals surface area contributed by atoms with Gasteiger partial charge in [0.25, 0.3) is 5.91 Å². The van der Waals surface area contributed by atoms with Crippen molar-refractivity contribution in [1.29, 1.82) is 0 Å². The number of carbonyl (C=O) groups excluding carboxylic acids is 2. The van der Waals surface area contributed by atoms with E-state index in [1.165, 1.54) is 12.0 Å². The first-order chi connectivity index (χ1) is 13.8. The highest BCUT2D eigenvalue weighted by Gasteiger charge is 2.16.